The molecule has 0 aliphatic carbocycles. The first kappa shape index (κ1) is 25.2. The minimum Gasteiger partial charge on any atom is -0.494 e. The number of carbonyl (C=O) groups is 2. The summed E-state index contributed by atoms with van der Waals surface area (Å²) in [6.45, 7) is 4.28. The number of unbranched alkanes of at least 4 members (excludes halogenated alkanes) is 2. The Morgan fingerprint density at radius 1 is 1.06 bits per heavy atom. The Morgan fingerprint density at radius 3 is 2.41 bits per heavy atom. The van der Waals surface area contributed by atoms with Crippen LogP contribution in [0.15, 0.2) is 48.5 Å². The number of hydrogen-bond donors (Lipinski definition) is 1. The number of carboxylic acids is 1. The largest absolute Gasteiger partial charge is 0.494 e. The molecule has 0 spiro atoms. The summed E-state index contributed by atoms with van der Waals surface area (Å²) >= 11 is 5.96. The van der Waals surface area contributed by atoms with Crippen molar-refractivity contribution in [3.63, 3.8) is 0 Å². The highest BCUT2D eigenvalue weighted by molar-refractivity contribution is 6.30. The van der Waals surface area contributed by atoms with E-state index in [0.29, 0.717) is 29.4 Å². The van der Waals surface area contributed by atoms with Crippen molar-refractivity contribution >= 4 is 23.5 Å². The zero-order valence-electron chi connectivity index (χ0n) is 18.3. The molecular formula is C25H28ClNO5. The molecule has 0 aliphatic heterocycles. The lowest BCUT2D eigenvalue weighted by Crippen LogP contribution is -2.22. The molecule has 2 rings (SSSR count). The number of nitrogens with zero attached hydrogens (tertiary/aromatic N) is 1. The molecular weight excluding hydrogens is 430 g/mol. The van der Waals surface area contributed by atoms with Crippen LogP contribution >= 0.6 is 11.6 Å². The van der Waals surface area contributed by atoms with Crippen molar-refractivity contribution in [2.45, 2.75) is 51.6 Å². The summed E-state index contributed by atoms with van der Waals surface area (Å²) in [4.78, 5) is 23.5. The van der Waals surface area contributed by atoms with Crippen LogP contribution in [-0.4, -0.2) is 23.7 Å². The van der Waals surface area contributed by atoms with Crippen LogP contribution in [0.2, 0.25) is 5.02 Å². The number of carbonyl (C=O) groups excluding carboxylic acids is 1. The van der Waals surface area contributed by atoms with E-state index >= 15 is 0 Å². The van der Waals surface area contributed by atoms with E-state index in [1.54, 1.807) is 48.5 Å². The molecule has 2 atom stereocenters. The van der Waals surface area contributed by atoms with Gasteiger partial charge >= 0.3 is 11.9 Å². The van der Waals surface area contributed by atoms with E-state index in [2.05, 4.69) is 6.07 Å². The Labute approximate surface area is 193 Å². The Hall–Kier alpha value is -3.04. The molecule has 0 saturated carbocycles. The van der Waals surface area contributed by atoms with E-state index in [1.165, 1.54) is 0 Å². The minimum atomic E-state index is -1.06. The molecule has 0 amide bonds. The van der Waals surface area contributed by atoms with Crippen molar-refractivity contribution in [3.05, 3.63) is 64.7 Å². The van der Waals surface area contributed by atoms with Crippen LogP contribution in [0.25, 0.3) is 0 Å². The second kappa shape index (κ2) is 12.7. The fourth-order valence-electron chi connectivity index (χ4n) is 3.33. The SMILES string of the molecule is CC(C)C(C(=O)OC(C#N)c1cccc(OCCCCCC(=O)O)c1)c1ccc(Cl)cc1. The van der Waals surface area contributed by atoms with E-state index in [9.17, 15) is 14.9 Å². The lowest BCUT2D eigenvalue weighted by molar-refractivity contribution is -0.150. The number of rotatable bonds is 12. The average Bonchev–Trinajstić information content (AvgIpc) is 2.75. The lowest BCUT2D eigenvalue weighted by atomic mass is 9.88. The third kappa shape index (κ3) is 7.90. The molecule has 0 fully saturated rings. The molecule has 0 bridgehead atoms. The third-order valence-electron chi connectivity index (χ3n) is 4.97. The summed E-state index contributed by atoms with van der Waals surface area (Å²) in [5.41, 5.74) is 1.31. The van der Waals surface area contributed by atoms with Crippen LogP contribution in [0.5, 0.6) is 5.75 Å². The maximum Gasteiger partial charge on any atom is 0.315 e. The Balaban J connectivity index is 2.01. The molecule has 170 valence electrons. The monoisotopic (exact) mass is 457 g/mol. The number of ether oxygens (including phenoxy) is 2. The highest BCUT2D eigenvalue weighted by atomic mass is 35.5. The van der Waals surface area contributed by atoms with Gasteiger partial charge in [0.1, 0.15) is 11.8 Å². The Morgan fingerprint density at radius 2 is 1.78 bits per heavy atom. The van der Waals surface area contributed by atoms with Gasteiger partial charge in [0.05, 0.1) is 12.5 Å². The third-order valence-corrected chi connectivity index (χ3v) is 5.22. The number of halogens is 1. The van der Waals surface area contributed by atoms with E-state index in [4.69, 9.17) is 26.2 Å². The summed E-state index contributed by atoms with van der Waals surface area (Å²) in [6.07, 6.45) is 1.18. The predicted molar refractivity (Wildman–Crippen MR) is 122 cm³/mol. The van der Waals surface area contributed by atoms with Gasteiger partial charge in [0.15, 0.2) is 0 Å². The van der Waals surface area contributed by atoms with E-state index < -0.39 is 24.0 Å². The molecule has 2 aromatic carbocycles. The van der Waals surface area contributed by atoms with Crippen molar-refractivity contribution in [2.75, 3.05) is 6.61 Å². The number of aliphatic carboxylic acids is 1. The molecule has 1 N–H and O–H groups in total. The van der Waals surface area contributed by atoms with E-state index in [-0.39, 0.29) is 12.3 Å². The number of esters is 1. The fraction of sp³-hybridized carbons (Fsp3) is 0.400. The van der Waals surface area contributed by atoms with Crippen LogP contribution in [-0.2, 0) is 14.3 Å². The molecule has 7 heteroatoms. The normalized spacial score (nSPS) is 12.6. The van der Waals surface area contributed by atoms with Crippen LogP contribution < -0.4 is 4.74 Å². The van der Waals surface area contributed by atoms with Gasteiger partial charge in [0, 0.05) is 17.0 Å². The van der Waals surface area contributed by atoms with Gasteiger partial charge in [-0.2, -0.15) is 5.26 Å². The van der Waals surface area contributed by atoms with Crippen LogP contribution in [0.3, 0.4) is 0 Å². The number of nitriles is 1. The highest BCUT2D eigenvalue weighted by Gasteiger charge is 2.28. The summed E-state index contributed by atoms with van der Waals surface area (Å²) in [5, 5.41) is 18.9. The molecule has 2 unspecified atom stereocenters. The van der Waals surface area contributed by atoms with Gasteiger partial charge in [0.2, 0.25) is 6.10 Å². The number of benzene rings is 2. The standard InChI is InChI=1S/C25H28ClNO5/c1-17(2)24(18-10-12-20(26)13-11-18)25(30)32-22(16-27)19-7-6-8-21(15-19)31-14-5-3-4-9-23(28)29/h6-8,10-13,15,17,22,24H,3-5,9,14H2,1-2H3,(H,28,29). The first-order valence-electron chi connectivity index (χ1n) is 10.6. The molecule has 0 radical (unpaired) electrons. The Kier molecular flexibility index (Phi) is 10.0. The van der Waals surface area contributed by atoms with Gasteiger partial charge in [-0.1, -0.05) is 49.7 Å². The van der Waals surface area contributed by atoms with Crippen molar-refractivity contribution in [1.82, 2.24) is 0 Å². The van der Waals surface area contributed by atoms with Crippen molar-refractivity contribution in [3.8, 4) is 11.8 Å². The summed E-state index contributed by atoms with van der Waals surface area (Å²) in [7, 11) is 0. The van der Waals surface area contributed by atoms with Gasteiger partial charge in [-0.15, -0.1) is 0 Å². The second-order valence-electron chi connectivity index (χ2n) is 7.84. The van der Waals surface area contributed by atoms with Gasteiger partial charge in [0.25, 0.3) is 0 Å². The summed E-state index contributed by atoms with van der Waals surface area (Å²) in [5.74, 6) is -1.26. The van der Waals surface area contributed by atoms with Crippen molar-refractivity contribution in [1.29, 1.82) is 5.26 Å². The first-order valence-corrected chi connectivity index (χ1v) is 11.0. The van der Waals surface area contributed by atoms with Crippen LogP contribution in [0.4, 0.5) is 0 Å². The first-order chi connectivity index (χ1) is 15.3. The predicted octanol–water partition coefficient (Wildman–Crippen LogP) is 5.91. The van der Waals surface area contributed by atoms with Crippen molar-refractivity contribution in [2.24, 2.45) is 5.92 Å². The smallest absolute Gasteiger partial charge is 0.315 e. The lowest BCUT2D eigenvalue weighted by Gasteiger charge is -2.22. The number of hydrogen-bond acceptors (Lipinski definition) is 5. The van der Waals surface area contributed by atoms with E-state index in [0.717, 1.165) is 18.4 Å². The molecule has 0 saturated heterocycles. The Bertz CT molecular complexity index is 936. The van der Waals surface area contributed by atoms with Gasteiger partial charge in [-0.3, -0.25) is 9.59 Å². The van der Waals surface area contributed by atoms with Gasteiger partial charge in [-0.25, -0.2) is 0 Å². The number of carboxylic acid groups (broad SMARTS) is 1. The van der Waals surface area contributed by atoms with Crippen LogP contribution in [0.1, 0.15) is 62.7 Å². The molecule has 32 heavy (non-hydrogen) atoms. The highest BCUT2D eigenvalue weighted by Crippen LogP contribution is 2.30. The van der Waals surface area contributed by atoms with E-state index in [1.807, 2.05) is 13.8 Å². The zero-order chi connectivity index (χ0) is 23.5. The summed E-state index contributed by atoms with van der Waals surface area (Å²) < 4.78 is 11.3. The van der Waals surface area contributed by atoms with Gasteiger partial charge < -0.3 is 14.6 Å². The fourth-order valence-corrected chi connectivity index (χ4v) is 3.46. The molecule has 0 heterocycles. The molecule has 2 aromatic rings. The maximum atomic E-state index is 12.9. The average molecular weight is 458 g/mol. The van der Waals surface area contributed by atoms with Crippen molar-refractivity contribution < 1.29 is 24.2 Å². The second-order valence-corrected chi connectivity index (χ2v) is 8.28. The van der Waals surface area contributed by atoms with Gasteiger partial charge in [-0.05, 0) is 55.0 Å². The topological polar surface area (TPSA) is 96.6 Å². The molecule has 6 nitrogen and oxygen atoms in total. The maximum absolute atomic E-state index is 12.9. The quantitative estimate of drug-likeness (QED) is 0.314. The molecule has 0 aromatic heterocycles. The summed E-state index contributed by atoms with van der Waals surface area (Å²) in [6, 6.07) is 16.0. The van der Waals surface area contributed by atoms with Crippen LogP contribution in [0, 0.1) is 17.2 Å². The zero-order valence-corrected chi connectivity index (χ0v) is 19.0. The molecule has 0 aliphatic rings. The minimum absolute atomic E-state index is 0.0289.